The summed E-state index contributed by atoms with van der Waals surface area (Å²) in [5.41, 5.74) is 1.71. The van der Waals surface area contributed by atoms with Gasteiger partial charge in [0.25, 0.3) is 11.8 Å². The number of para-hydroxylation sites is 2. The summed E-state index contributed by atoms with van der Waals surface area (Å²) in [6, 6.07) is 14.9. The predicted molar refractivity (Wildman–Crippen MR) is 147 cm³/mol. The summed E-state index contributed by atoms with van der Waals surface area (Å²) in [5, 5.41) is 5.75. The molecule has 202 valence electrons. The zero-order chi connectivity index (χ0) is 27.3. The van der Waals surface area contributed by atoms with Crippen molar-refractivity contribution < 1.29 is 18.8 Å². The number of hydrogen-bond acceptors (Lipinski definition) is 7. The number of amides is 2. The van der Waals surface area contributed by atoms with Gasteiger partial charge in [-0.2, -0.15) is 0 Å². The third-order valence-electron chi connectivity index (χ3n) is 6.96. The lowest BCUT2D eigenvalue weighted by atomic mass is 9.97. The number of hydrogen-bond donors (Lipinski definition) is 2. The number of ketones is 1. The van der Waals surface area contributed by atoms with Gasteiger partial charge in [0, 0.05) is 50.4 Å². The van der Waals surface area contributed by atoms with E-state index in [0.29, 0.717) is 29.6 Å². The second-order valence-electron chi connectivity index (χ2n) is 10.7. The first-order valence-corrected chi connectivity index (χ1v) is 13.2. The number of rotatable bonds is 10. The molecule has 2 aromatic carbocycles. The van der Waals surface area contributed by atoms with E-state index in [9.17, 15) is 14.4 Å². The van der Waals surface area contributed by atoms with Crippen molar-refractivity contribution in [2.45, 2.75) is 39.2 Å². The zero-order valence-corrected chi connectivity index (χ0v) is 22.6. The normalized spacial score (nSPS) is 15.3. The molecule has 4 rings (SSSR count). The quantitative estimate of drug-likeness (QED) is 0.395. The minimum atomic E-state index is -1.16. The minimum Gasteiger partial charge on any atom is -0.434 e. The van der Waals surface area contributed by atoms with Gasteiger partial charge in [0.05, 0.1) is 0 Å². The van der Waals surface area contributed by atoms with Gasteiger partial charge in [-0.15, -0.1) is 0 Å². The Bertz CT molecular complexity index is 1240. The van der Waals surface area contributed by atoms with Crippen molar-refractivity contribution in [2.75, 3.05) is 44.7 Å². The first-order chi connectivity index (χ1) is 18.1. The number of benzene rings is 2. The van der Waals surface area contributed by atoms with Crippen LogP contribution in [0.1, 0.15) is 54.7 Å². The van der Waals surface area contributed by atoms with E-state index < -0.39 is 5.54 Å². The molecule has 0 spiro atoms. The number of anilines is 1. The number of carbonyl (C=O) groups excluding carboxylic acids is 3. The topological polar surface area (TPSA) is 108 Å². The van der Waals surface area contributed by atoms with Crippen LogP contribution in [-0.2, 0) is 4.79 Å². The standard InChI is InChI=1S/C29H37N5O4/c1-20(13-14-30-27(37)21-9-11-22(12-10-21)34-17-15-33(4)16-18-34)19-25(35)32-29(2,3)26(36)28-31-23-7-5-6-8-24(23)38-28/h5-12,20H,13-19H2,1-4H3,(H,30,37)(H,32,35). The fourth-order valence-corrected chi connectivity index (χ4v) is 4.53. The fraction of sp³-hybridized carbons (Fsp3) is 0.448. The van der Waals surface area contributed by atoms with E-state index in [-0.39, 0.29) is 35.8 Å². The number of likely N-dealkylation sites (N-methyl/N-ethyl adjacent to an activating group) is 1. The molecule has 1 unspecified atom stereocenters. The largest absolute Gasteiger partial charge is 0.434 e. The molecule has 2 heterocycles. The molecular weight excluding hydrogens is 482 g/mol. The Balaban J connectivity index is 1.20. The van der Waals surface area contributed by atoms with Crippen LogP contribution < -0.4 is 15.5 Å². The number of nitrogens with one attached hydrogen (secondary N) is 2. The highest BCUT2D eigenvalue weighted by Crippen LogP contribution is 2.20. The number of nitrogens with zero attached hydrogens (tertiary/aromatic N) is 3. The molecule has 0 saturated carbocycles. The van der Waals surface area contributed by atoms with Gasteiger partial charge in [0.15, 0.2) is 5.58 Å². The molecule has 0 bridgehead atoms. The van der Waals surface area contributed by atoms with Gasteiger partial charge in [-0.1, -0.05) is 19.1 Å². The van der Waals surface area contributed by atoms with Crippen LogP contribution in [0, 0.1) is 5.92 Å². The molecule has 1 aromatic heterocycles. The second-order valence-corrected chi connectivity index (χ2v) is 10.7. The molecular formula is C29H37N5O4. The van der Waals surface area contributed by atoms with Crippen molar-refractivity contribution in [3.8, 4) is 0 Å². The molecule has 1 aliphatic rings. The SMILES string of the molecule is CC(CCNC(=O)c1ccc(N2CCN(C)CC2)cc1)CC(=O)NC(C)(C)C(=O)c1nc2ccccc2o1. The van der Waals surface area contributed by atoms with Crippen LogP contribution in [0.5, 0.6) is 0 Å². The first-order valence-electron chi connectivity index (χ1n) is 13.2. The second kappa shape index (κ2) is 11.8. The van der Waals surface area contributed by atoms with Crippen LogP contribution in [-0.4, -0.2) is 72.8 Å². The highest BCUT2D eigenvalue weighted by atomic mass is 16.4. The van der Waals surface area contributed by atoms with E-state index in [1.54, 1.807) is 26.0 Å². The van der Waals surface area contributed by atoms with Gasteiger partial charge in [-0.05, 0) is 69.6 Å². The Hall–Kier alpha value is -3.72. The smallest absolute Gasteiger partial charge is 0.266 e. The summed E-state index contributed by atoms with van der Waals surface area (Å²) >= 11 is 0. The monoisotopic (exact) mass is 519 g/mol. The maximum absolute atomic E-state index is 12.9. The van der Waals surface area contributed by atoms with E-state index in [2.05, 4.69) is 32.5 Å². The van der Waals surface area contributed by atoms with Gasteiger partial charge < -0.3 is 24.9 Å². The summed E-state index contributed by atoms with van der Waals surface area (Å²) in [4.78, 5) is 47.1. The van der Waals surface area contributed by atoms with Crippen molar-refractivity contribution in [3.63, 3.8) is 0 Å². The summed E-state index contributed by atoms with van der Waals surface area (Å²) in [6.07, 6.45) is 0.873. The van der Waals surface area contributed by atoms with Crippen LogP contribution >= 0.6 is 0 Å². The van der Waals surface area contributed by atoms with E-state index in [1.165, 1.54) is 0 Å². The molecule has 2 N–H and O–H groups in total. The van der Waals surface area contributed by atoms with Crippen molar-refractivity contribution in [2.24, 2.45) is 5.92 Å². The number of oxazole rings is 1. The van der Waals surface area contributed by atoms with Crippen molar-refractivity contribution in [3.05, 3.63) is 60.0 Å². The number of Topliss-reactive ketones (excluding diaryl/α,β-unsaturated/α-hetero) is 1. The molecule has 9 heteroatoms. The van der Waals surface area contributed by atoms with Crippen LogP contribution in [0.2, 0.25) is 0 Å². The highest BCUT2D eigenvalue weighted by molar-refractivity contribution is 6.02. The molecule has 1 aliphatic heterocycles. The number of piperazine rings is 1. The van der Waals surface area contributed by atoms with Crippen LogP contribution in [0.3, 0.4) is 0 Å². The molecule has 1 saturated heterocycles. The number of aromatic nitrogens is 1. The maximum Gasteiger partial charge on any atom is 0.266 e. The minimum absolute atomic E-state index is 0.0186. The van der Waals surface area contributed by atoms with Crippen LogP contribution in [0.4, 0.5) is 5.69 Å². The molecule has 1 atom stereocenters. The van der Waals surface area contributed by atoms with Gasteiger partial charge in [0.1, 0.15) is 11.1 Å². The van der Waals surface area contributed by atoms with Crippen LogP contribution in [0.15, 0.2) is 52.9 Å². The Kier molecular flexibility index (Phi) is 8.46. The Morgan fingerprint density at radius 1 is 1.03 bits per heavy atom. The maximum atomic E-state index is 12.9. The number of fused-ring (bicyclic) bond motifs is 1. The van der Waals surface area contributed by atoms with Crippen LogP contribution in [0.25, 0.3) is 11.1 Å². The molecule has 9 nitrogen and oxygen atoms in total. The molecule has 1 fully saturated rings. The summed E-state index contributed by atoms with van der Waals surface area (Å²) in [6.45, 7) is 9.72. The lowest BCUT2D eigenvalue weighted by Crippen LogP contribution is -2.50. The van der Waals surface area contributed by atoms with Gasteiger partial charge in [0.2, 0.25) is 11.7 Å². The summed E-state index contributed by atoms with van der Waals surface area (Å²) < 4.78 is 5.58. The van der Waals surface area contributed by atoms with E-state index in [4.69, 9.17) is 4.42 Å². The van der Waals surface area contributed by atoms with Gasteiger partial charge in [-0.3, -0.25) is 14.4 Å². The molecule has 2 amide bonds. The fourth-order valence-electron chi connectivity index (χ4n) is 4.53. The molecule has 0 aliphatic carbocycles. The van der Waals surface area contributed by atoms with Gasteiger partial charge >= 0.3 is 0 Å². The predicted octanol–water partition coefficient (Wildman–Crippen LogP) is 3.50. The highest BCUT2D eigenvalue weighted by Gasteiger charge is 2.34. The first kappa shape index (κ1) is 27.3. The number of carbonyl (C=O) groups is 3. The lowest BCUT2D eigenvalue weighted by molar-refractivity contribution is -0.123. The zero-order valence-electron chi connectivity index (χ0n) is 22.6. The molecule has 3 aromatic rings. The average Bonchev–Trinajstić information content (AvgIpc) is 3.32. The third kappa shape index (κ3) is 6.77. The van der Waals surface area contributed by atoms with E-state index in [0.717, 1.165) is 31.9 Å². The Morgan fingerprint density at radius 3 is 2.39 bits per heavy atom. The molecule has 0 radical (unpaired) electrons. The Morgan fingerprint density at radius 2 is 1.71 bits per heavy atom. The average molecular weight is 520 g/mol. The third-order valence-corrected chi connectivity index (χ3v) is 6.96. The van der Waals surface area contributed by atoms with Crippen molar-refractivity contribution in [1.82, 2.24) is 20.5 Å². The van der Waals surface area contributed by atoms with Crippen molar-refractivity contribution >= 4 is 34.4 Å². The molecule has 38 heavy (non-hydrogen) atoms. The summed E-state index contributed by atoms with van der Waals surface area (Å²) in [5.74, 6) is -0.760. The Labute approximate surface area is 223 Å². The summed E-state index contributed by atoms with van der Waals surface area (Å²) in [7, 11) is 2.13. The van der Waals surface area contributed by atoms with Gasteiger partial charge in [-0.25, -0.2) is 4.98 Å². The lowest BCUT2D eigenvalue weighted by Gasteiger charge is -2.34. The van der Waals surface area contributed by atoms with E-state index >= 15 is 0 Å². The van der Waals surface area contributed by atoms with E-state index in [1.807, 2.05) is 43.3 Å². The van der Waals surface area contributed by atoms with Crippen molar-refractivity contribution in [1.29, 1.82) is 0 Å².